The molecule has 6 N–H and O–H groups in total. The maximum Gasteiger partial charge on any atom is 0.317 e. The third-order valence-electron chi connectivity index (χ3n) is 11.0. The molecule has 60 heavy (non-hydrogen) atoms. The van der Waals surface area contributed by atoms with Gasteiger partial charge in [0.05, 0.1) is 6.04 Å². The first-order chi connectivity index (χ1) is 29.5. The highest BCUT2D eigenvalue weighted by Gasteiger charge is 2.21. The highest BCUT2D eigenvalue weighted by molar-refractivity contribution is 5.75. The fourth-order valence-electron chi connectivity index (χ4n) is 7.11. The average molecular weight is 848 g/mol. The van der Waals surface area contributed by atoms with Crippen molar-refractivity contribution in [2.45, 2.75) is 225 Å². The summed E-state index contributed by atoms with van der Waals surface area (Å²) < 4.78 is 11.3. The van der Waals surface area contributed by atoms with Crippen molar-refractivity contribution >= 4 is 18.0 Å². The zero-order valence-corrected chi connectivity index (χ0v) is 39.3. The van der Waals surface area contributed by atoms with Crippen molar-refractivity contribution in [3.63, 3.8) is 0 Å². The fourth-order valence-corrected chi connectivity index (χ4v) is 7.11. The number of carbonyl (C=O) groups excluding carboxylic acids is 3. The molecule has 0 unspecified atom stereocenters. The van der Waals surface area contributed by atoms with Crippen LogP contribution in [-0.2, 0) is 19.1 Å². The van der Waals surface area contributed by atoms with Crippen molar-refractivity contribution in [1.82, 2.24) is 15.5 Å². The number of nitrogens with one attached hydrogen (secondary N) is 2. The predicted octanol–water partition coefficient (Wildman–Crippen LogP) is 11.6. The number of amides is 2. The van der Waals surface area contributed by atoms with Crippen LogP contribution in [0, 0.1) is 0 Å². The SMILES string of the molecule is CCCCCCCC/C=C\CCCCCCCC(=O)OCC(COC(=O)CCCCCCC/C=C\CCCCCCCC)NC(=O)N(CCCN)CCCCNCCCN. The van der Waals surface area contributed by atoms with E-state index in [4.69, 9.17) is 20.9 Å². The second kappa shape index (κ2) is 47.6. The highest BCUT2D eigenvalue weighted by atomic mass is 16.5. The van der Waals surface area contributed by atoms with Gasteiger partial charge >= 0.3 is 18.0 Å². The van der Waals surface area contributed by atoms with Crippen LogP contribution in [0.15, 0.2) is 24.3 Å². The second-order valence-corrected chi connectivity index (χ2v) is 16.9. The molecule has 10 heteroatoms. The van der Waals surface area contributed by atoms with Crippen molar-refractivity contribution in [2.75, 3.05) is 52.5 Å². The van der Waals surface area contributed by atoms with Gasteiger partial charge in [-0.1, -0.05) is 141 Å². The van der Waals surface area contributed by atoms with Crippen LogP contribution in [0.3, 0.4) is 0 Å². The molecule has 0 aliphatic heterocycles. The highest BCUT2D eigenvalue weighted by Crippen LogP contribution is 2.13. The number of esters is 2. The van der Waals surface area contributed by atoms with Gasteiger partial charge in [0.15, 0.2) is 0 Å². The van der Waals surface area contributed by atoms with Crippen molar-refractivity contribution < 1.29 is 23.9 Å². The van der Waals surface area contributed by atoms with E-state index in [1.807, 2.05) is 0 Å². The summed E-state index contributed by atoms with van der Waals surface area (Å²) in [5.74, 6) is -0.567. The minimum atomic E-state index is -0.632. The molecule has 352 valence electrons. The van der Waals surface area contributed by atoms with Crippen LogP contribution in [-0.4, -0.2) is 81.4 Å². The van der Waals surface area contributed by atoms with E-state index < -0.39 is 6.04 Å². The summed E-state index contributed by atoms with van der Waals surface area (Å²) in [6.45, 7) is 8.47. The Balaban J connectivity index is 4.66. The van der Waals surface area contributed by atoms with E-state index in [0.717, 1.165) is 83.7 Å². The summed E-state index contributed by atoms with van der Waals surface area (Å²) in [5.41, 5.74) is 11.4. The molecule has 0 fully saturated rings. The Morgan fingerprint density at radius 2 is 0.867 bits per heavy atom. The zero-order valence-electron chi connectivity index (χ0n) is 39.3. The molecule has 2 amide bonds. The number of nitrogens with two attached hydrogens (primary N) is 2. The first-order valence-electron chi connectivity index (χ1n) is 25.3. The molecule has 0 aromatic heterocycles. The number of urea groups is 1. The third kappa shape index (κ3) is 42.3. The summed E-state index contributed by atoms with van der Waals surface area (Å²) in [6.07, 6.45) is 44.6. The van der Waals surface area contributed by atoms with Crippen LogP contribution in [0.4, 0.5) is 4.79 Å². The predicted molar refractivity (Wildman–Crippen MR) is 254 cm³/mol. The van der Waals surface area contributed by atoms with Crippen LogP contribution in [0.5, 0.6) is 0 Å². The minimum Gasteiger partial charge on any atom is -0.463 e. The van der Waals surface area contributed by atoms with Gasteiger partial charge in [-0.15, -0.1) is 0 Å². The molecule has 0 aliphatic carbocycles. The van der Waals surface area contributed by atoms with Gasteiger partial charge in [0.1, 0.15) is 13.2 Å². The van der Waals surface area contributed by atoms with Crippen LogP contribution < -0.4 is 22.1 Å². The van der Waals surface area contributed by atoms with Gasteiger partial charge in [0, 0.05) is 25.9 Å². The number of allylic oxidation sites excluding steroid dienone is 4. The molecule has 0 bridgehead atoms. The van der Waals surface area contributed by atoms with Crippen molar-refractivity contribution in [1.29, 1.82) is 0 Å². The molecular formula is C50H97N5O5. The molecule has 10 nitrogen and oxygen atoms in total. The van der Waals surface area contributed by atoms with E-state index in [2.05, 4.69) is 48.8 Å². The smallest absolute Gasteiger partial charge is 0.317 e. The van der Waals surface area contributed by atoms with Crippen molar-refractivity contribution in [2.24, 2.45) is 11.5 Å². The monoisotopic (exact) mass is 848 g/mol. The van der Waals surface area contributed by atoms with Crippen LogP contribution in [0.25, 0.3) is 0 Å². The molecule has 0 aromatic rings. The Bertz CT molecular complexity index is 954. The number of ether oxygens (including phenoxy) is 2. The van der Waals surface area contributed by atoms with E-state index in [1.54, 1.807) is 4.90 Å². The number of nitrogens with zero attached hydrogens (tertiary/aromatic N) is 1. The van der Waals surface area contributed by atoms with Gasteiger partial charge in [-0.05, 0) is 116 Å². The lowest BCUT2D eigenvalue weighted by Crippen LogP contribution is -2.49. The number of rotatable bonds is 46. The van der Waals surface area contributed by atoms with Crippen LogP contribution in [0.2, 0.25) is 0 Å². The Morgan fingerprint density at radius 1 is 0.483 bits per heavy atom. The number of hydrogen-bond acceptors (Lipinski definition) is 8. The fraction of sp³-hybridized carbons (Fsp3) is 0.860. The molecule has 0 radical (unpaired) electrons. The Labute approximate surface area is 369 Å². The average Bonchev–Trinajstić information content (AvgIpc) is 3.25. The van der Waals surface area contributed by atoms with E-state index in [-0.39, 0.29) is 31.2 Å². The molecule has 0 spiro atoms. The number of unbranched alkanes of at least 4 members (excludes halogenated alkanes) is 23. The van der Waals surface area contributed by atoms with E-state index >= 15 is 0 Å². The summed E-state index contributed by atoms with van der Waals surface area (Å²) >= 11 is 0. The Hall–Kier alpha value is -2.43. The van der Waals surface area contributed by atoms with Gasteiger partial charge < -0.3 is 36.5 Å². The summed E-state index contributed by atoms with van der Waals surface area (Å²) in [7, 11) is 0. The zero-order chi connectivity index (χ0) is 43.8. The molecule has 0 aromatic carbocycles. The van der Waals surface area contributed by atoms with E-state index in [1.165, 1.54) is 116 Å². The van der Waals surface area contributed by atoms with Crippen molar-refractivity contribution in [3.05, 3.63) is 24.3 Å². The van der Waals surface area contributed by atoms with E-state index in [0.29, 0.717) is 45.4 Å². The lowest BCUT2D eigenvalue weighted by atomic mass is 10.1. The first-order valence-corrected chi connectivity index (χ1v) is 25.3. The number of hydrogen-bond donors (Lipinski definition) is 4. The van der Waals surface area contributed by atoms with Crippen molar-refractivity contribution in [3.8, 4) is 0 Å². The summed E-state index contributed by atoms with van der Waals surface area (Å²) in [6, 6.07) is -0.891. The van der Waals surface area contributed by atoms with Gasteiger partial charge in [-0.25, -0.2) is 4.79 Å². The largest absolute Gasteiger partial charge is 0.463 e. The second-order valence-electron chi connectivity index (χ2n) is 16.9. The Kier molecular flexibility index (Phi) is 45.7. The number of carbonyl (C=O) groups is 3. The molecule has 0 rings (SSSR count). The summed E-state index contributed by atoms with van der Waals surface area (Å²) in [4.78, 5) is 40.7. The molecule has 0 aliphatic rings. The lowest BCUT2D eigenvalue weighted by molar-refractivity contribution is -0.147. The topological polar surface area (TPSA) is 149 Å². The van der Waals surface area contributed by atoms with Gasteiger partial charge in [-0.3, -0.25) is 9.59 Å². The lowest BCUT2D eigenvalue weighted by Gasteiger charge is -2.26. The molecule has 0 saturated carbocycles. The first kappa shape index (κ1) is 57.6. The molecule has 0 saturated heterocycles. The van der Waals surface area contributed by atoms with Gasteiger partial charge in [0.2, 0.25) is 0 Å². The van der Waals surface area contributed by atoms with Gasteiger partial charge in [-0.2, -0.15) is 0 Å². The maximum atomic E-state index is 13.5. The van der Waals surface area contributed by atoms with Crippen LogP contribution in [0.1, 0.15) is 219 Å². The normalized spacial score (nSPS) is 11.6. The minimum absolute atomic E-state index is 0.0356. The standard InChI is InChI=1S/C50H97N5O5/c1-3-5-7-9-11-13-15-17-19-21-23-25-27-29-31-37-48(56)59-45-47(54-50(58)55(44-36-40-52)43-34-33-41-53-42-35-39-51)46-60-49(57)38-32-30-28-26-24-22-20-18-16-14-12-10-8-6-4-2/h17-20,47,53H,3-16,21-46,51-52H2,1-2H3,(H,54,58)/b19-17-,20-18-. The molecule has 0 heterocycles. The Morgan fingerprint density at radius 3 is 1.30 bits per heavy atom. The van der Waals surface area contributed by atoms with Crippen LogP contribution >= 0.6 is 0 Å². The summed E-state index contributed by atoms with van der Waals surface area (Å²) in [5, 5.41) is 6.38. The molecular weight excluding hydrogens is 751 g/mol. The van der Waals surface area contributed by atoms with E-state index in [9.17, 15) is 14.4 Å². The maximum absolute atomic E-state index is 13.5. The van der Waals surface area contributed by atoms with Gasteiger partial charge in [0.25, 0.3) is 0 Å². The third-order valence-corrected chi connectivity index (χ3v) is 11.0. The molecule has 0 atom stereocenters. The quantitative estimate of drug-likeness (QED) is 0.0269.